The Bertz CT molecular complexity index is 393. The second-order valence-electron chi connectivity index (χ2n) is 4.03. The van der Waals surface area contributed by atoms with Gasteiger partial charge in [0, 0.05) is 12.6 Å². The lowest BCUT2D eigenvalue weighted by Gasteiger charge is -2.33. The molecule has 2 heterocycles. The summed E-state index contributed by atoms with van der Waals surface area (Å²) in [5.41, 5.74) is 0. The van der Waals surface area contributed by atoms with Crippen molar-refractivity contribution in [2.75, 3.05) is 19.8 Å². The monoisotopic (exact) mass is 241 g/mol. The average molecular weight is 241 g/mol. The zero-order valence-corrected chi connectivity index (χ0v) is 9.63. The molecule has 0 bridgehead atoms. The topological polar surface area (TPSA) is 88.7 Å². The minimum atomic E-state index is -0.827. The molecule has 1 fully saturated rings. The summed E-state index contributed by atoms with van der Waals surface area (Å²) in [4.78, 5) is 16.9. The van der Waals surface area contributed by atoms with Crippen LogP contribution in [0.3, 0.4) is 0 Å². The van der Waals surface area contributed by atoms with E-state index in [-0.39, 0.29) is 12.5 Å². The fourth-order valence-electron chi connectivity index (χ4n) is 1.86. The lowest BCUT2D eigenvalue weighted by Crippen LogP contribution is -2.45. The van der Waals surface area contributed by atoms with E-state index >= 15 is 0 Å². The van der Waals surface area contributed by atoms with Gasteiger partial charge in [-0.1, -0.05) is 5.16 Å². The van der Waals surface area contributed by atoms with Gasteiger partial charge in [-0.15, -0.1) is 0 Å². The number of morpholine rings is 1. The fourth-order valence-corrected chi connectivity index (χ4v) is 1.86. The molecule has 0 aliphatic carbocycles. The third kappa shape index (κ3) is 3.24. The van der Waals surface area contributed by atoms with Crippen LogP contribution in [0.4, 0.5) is 0 Å². The van der Waals surface area contributed by atoms with E-state index in [0.717, 1.165) is 0 Å². The number of aryl methyl sites for hydroxylation is 1. The van der Waals surface area contributed by atoms with Crippen molar-refractivity contribution >= 4 is 5.97 Å². The predicted octanol–water partition coefficient (Wildman–Crippen LogP) is 0.0535. The second kappa shape index (κ2) is 5.24. The zero-order valence-electron chi connectivity index (χ0n) is 9.63. The van der Waals surface area contributed by atoms with Gasteiger partial charge in [0.2, 0.25) is 5.89 Å². The molecule has 94 valence electrons. The van der Waals surface area contributed by atoms with Crippen LogP contribution < -0.4 is 0 Å². The predicted molar refractivity (Wildman–Crippen MR) is 56.3 cm³/mol. The van der Waals surface area contributed by atoms with Crippen LogP contribution in [0.1, 0.15) is 18.1 Å². The molecule has 1 aliphatic rings. The minimum Gasteiger partial charge on any atom is -0.481 e. The summed E-state index contributed by atoms with van der Waals surface area (Å²) in [5.74, 6) is 0.273. The first kappa shape index (κ1) is 12.0. The van der Waals surface area contributed by atoms with E-state index in [1.54, 1.807) is 6.92 Å². The van der Waals surface area contributed by atoms with Crippen LogP contribution in [0.15, 0.2) is 4.52 Å². The molecule has 0 radical (unpaired) electrons. The lowest BCUT2D eigenvalue weighted by atomic mass is 10.1. The SMILES string of the molecule is Cc1noc(CN2CCOCC2CC(=O)O)n1. The van der Waals surface area contributed by atoms with Gasteiger partial charge in [0.15, 0.2) is 5.82 Å². The first-order valence-corrected chi connectivity index (χ1v) is 5.48. The summed E-state index contributed by atoms with van der Waals surface area (Å²) < 4.78 is 10.3. The summed E-state index contributed by atoms with van der Waals surface area (Å²) in [6.45, 7) is 3.94. The number of ether oxygens (including phenoxy) is 1. The highest BCUT2D eigenvalue weighted by molar-refractivity contribution is 5.67. The number of carboxylic acids is 1. The maximum absolute atomic E-state index is 10.7. The number of rotatable bonds is 4. The third-order valence-corrected chi connectivity index (χ3v) is 2.67. The summed E-state index contributed by atoms with van der Waals surface area (Å²) in [7, 11) is 0. The Morgan fingerprint density at radius 3 is 3.12 bits per heavy atom. The van der Waals surface area contributed by atoms with Gasteiger partial charge in [0.05, 0.1) is 26.2 Å². The Morgan fingerprint density at radius 1 is 1.65 bits per heavy atom. The molecule has 0 spiro atoms. The Labute approximate surface area is 98.4 Å². The van der Waals surface area contributed by atoms with E-state index in [9.17, 15) is 4.79 Å². The van der Waals surface area contributed by atoms with Crippen molar-refractivity contribution in [1.82, 2.24) is 15.0 Å². The standard InChI is InChI=1S/C10H15N3O4/c1-7-11-9(17-12-7)5-13-2-3-16-6-8(13)4-10(14)15/h8H,2-6H2,1H3,(H,14,15). The van der Waals surface area contributed by atoms with Crippen LogP contribution in [-0.4, -0.2) is 51.9 Å². The minimum absolute atomic E-state index is 0.0626. The maximum Gasteiger partial charge on any atom is 0.305 e. The first-order valence-electron chi connectivity index (χ1n) is 5.48. The molecule has 0 aromatic carbocycles. The number of carbonyl (C=O) groups is 1. The molecule has 1 aliphatic heterocycles. The van der Waals surface area contributed by atoms with Crippen LogP contribution in [0, 0.1) is 6.92 Å². The number of aromatic nitrogens is 2. The third-order valence-electron chi connectivity index (χ3n) is 2.67. The van der Waals surface area contributed by atoms with Crippen LogP contribution in [0.2, 0.25) is 0 Å². The van der Waals surface area contributed by atoms with Gasteiger partial charge < -0.3 is 14.4 Å². The van der Waals surface area contributed by atoms with Crippen molar-refractivity contribution in [2.45, 2.75) is 25.9 Å². The Balaban J connectivity index is 1.98. The van der Waals surface area contributed by atoms with Gasteiger partial charge >= 0.3 is 5.97 Å². The molecule has 1 saturated heterocycles. The lowest BCUT2D eigenvalue weighted by molar-refractivity contribution is -0.140. The van der Waals surface area contributed by atoms with Crippen LogP contribution >= 0.6 is 0 Å². The maximum atomic E-state index is 10.7. The highest BCUT2D eigenvalue weighted by Gasteiger charge is 2.26. The van der Waals surface area contributed by atoms with Gasteiger partial charge in [-0.25, -0.2) is 0 Å². The molecule has 1 N–H and O–H groups in total. The summed E-state index contributed by atoms with van der Waals surface area (Å²) in [6, 6.07) is -0.131. The molecule has 1 aromatic heterocycles. The molecular formula is C10H15N3O4. The quantitative estimate of drug-likeness (QED) is 0.796. The smallest absolute Gasteiger partial charge is 0.305 e. The number of carboxylic acid groups (broad SMARTS) is 1. The molecule has 17 heavy (non-hydrogen) atoms. The number of nitrogens with zero attached hydrogens (tertiary/aromatic N) is 3. The van der Waals surface area contributed by atoms with Gasteiger partial charge in [0.25, 0.3) is 0 Å². The van der Waals surface area contributed by atoms with E-state index in [2.05, 4.69) is 10.1 Å². The molecule has 2 rings (SSSR count). The van der Waals surface area contributed by atoms with Crippen molar-refractivity contribution in [1.29, 1.82) is 0 Å². The van der Waals surface area contributed by atoms with Gasteiger partial charge in [-0.05, 0) is 6.92 Å². The van der Waals surface area contributed by atoms with Crippen molar-refractivity contribution < 1.29 is 19.2 Å². The largest absolute Gasteiger partial charge is 0.481 e. The Kier molecular flexibility index (Phi) is 3.70. The molecule has 1 atom stereocenters. The van der Waals surface area contributed by atoms with Crippen LogP contribution in [0.25, 0.3) is 0 Å². The Morgan fingerprint density at radius 2 is 2.47 bits per heavy atom. The molecule has 1 aromatic rings. The molecule has 0 amide bonds. The number of aliphatic carboxylic acids is 1. The average Bonchev–Trinajstić information content (AvgIpc) is 2.66. The molecular weight excluding hydrogens is 226 g/mol. The van der Waals surface area contributed by atoms with Crippen molar-refractivity contribution in [2.24, 2.45) is 0 Å². The van der Waals surface area contributed by atoms with Crippen LogP contribution in [0.5, 0.6) is 0 Å². The summed E-state index contributed by atoms with van der Waals surface area (Å²) >= 11 is 0. The number of hydrogen-bond donors (Lipinski definition) is 1. The normalized spacial score (nSPS) is 21.6. The zero-order chi connectivity index (χ0) is 12.3. The first-order chi connectivity index (χ1) is 8.15. The summed E-state index contributed by atoms with van der Waals surface area (Å²) in [5, 5.41) is 12.5. The van der Waals surface area contributed by atoms with Gasteiger partial charge in [-0.2, -0.15) is 4.98 Å². The van der Waals surface area contributed by atoms with E-state index in [1.807, 2.05) is 4.90 Å². The summed E-state index contributed by atoms with van der Waals surface area (Å²) in [6.07, 6.45) is 0.0626. The van der Waals surface area contributed by atoms with Gasteiger partial charge in [0.1, 0.15) is 0 Å². The fraction of sp³-hybridized carbons (Fsp3) is 0.700. The Hall–Kier alpha value is -1.47. The number of hydrogen-bond acceptors (Lipinski definition) is 6. The van der Waals surface area contributed by atoms with Crippen molar-refractivity contribution in [3.05, 3.63) is 11.7 Å². The molecule has 1 unspecified atom stereocenters. The second-order valence-corrected chi connectivity index (χ2v) is 4.03. The van der Waals surface area contributed by atoms with Gasteiger partial charge in [-0.3, -0.25) is 9.69 Å². The molecule has 0 saturated carbocycles. The molecule has 7 heteroatoms. The van der Waals surface area contributed by atoms with Crippen LogP contribution in [-0.2, 0) is 16.1 Å². The van der Waals surface area contributed by atoms with Crippen molar-refractivity contribution in [3.8, 4) is 0 Å². The van der Waals surface area contributed by atoms with Crippen molar-refractivity contribution in [3.63, 3.8) is 0 Å². The van der Waals surface area contributed by atoms with E-state index in [1.165, 1.54) is 0 Å². The van der Waals surface area contributed by atoms with E-state index in [0.29, 0.717) is 38.0 Å². The molecule has 7 nitrogen and oxygen atoms in total. The van der Waals surface area contributed by atoms with E-state index < -0.39 is 5.97 Å². The van der Waals surface area contributed by atoms with E-state index in [4.69, 9.17) is 14.4 Å². The highest BCUT2D eigenvalue weighted by Crippen LogP contribution is 2.14. The highest BCUT2D eigenvalue weighted by atomic mass is 16.5.